The molecule has 0 bridgehead atoms. The largest absolute Gasteiger partial charge is 0.307 e. The summed E-state index contributed by atoms with van der Waals surface area (Å²) in [7, 11) is 0. The first kappa shape index (κ1) is 11.6. The molecule has 1 atom stereocenters. The first-order valence-electron chi connectivity index (χ1n) is 4.29. The van der Waals surface area contributed by atoms with Gasteiger partial charge in [0.1, 0.15) is 0 Å². The molecule has 0 radical (unpaired) electrons. The van der Waals surface area contributed by atoms with Crippen molar-refractivity contribution in [1.29, 1.82) is 0 Å². The van der Waals surface area contributed by atoms with E-state index in [1.54, 1.807) is 0 Å². The van der Waals surface area contributed by atoms with E-state index in [-0.39, 0.29) is 18.9 Å². The predicted molar refractivity (Wildman–Crippen MR) is 52.2 cm³/mol. The predicted octanol–water partition coefficient (Wildman–Crippen LogP) is 1.99. The molecule has 1 saturated heterocycles. The molecule has 0 amide bonds. The zero-order chi connectivity index (χ0) is 8.48. The molecule has 0 spiro atoms. The number of rotatable bonds is 1. The molecule has 1 fully saturated rings. The van der Waals surface area contributed by atoms with Gasteiger partial charge in [-0.3, -0.25) is 4.79 Å². The topological polar surface area (TPSA) is 29.1 Å². The van der Waals surface area contributed by atoms with Crippen molar-refractivity contribution in [2.45, 2.75) is 47.1 Å². The Balaban J connectivity index is 0.00000121. The summed E-state index contributed by atoms with van der Waals surface area (Å²) in [6.07, 6.45) is 2.17. The number of hydrogen-bond acceptors (Lipinski definition) is 2. The van der Waals surface area contributed by atoms with E-state index in [2.05, 4.69) is 5.32 Å². The molecule has 1 rings (SSSR count). The lowest BCUT2D eigenvalue weighted by molar-refractivity contribution is -0.128. The molecule has 1 unspecified atom stereocenters. The highest BCUT2D eigenvalue weighted by Crippen LogP contribution is 2.20. The standard InChI is InChI=1S/C9H17NO.CH4/c1-9(2,3)8(11)7-5-4-6-10-7;/h7,10H,4-6H2,1-3H3;1H4. The molecule has 12 heavy (non-hydrogen) atoms. The van der Waals surface area contributed by atoms with E-state index in [0.29, 0.717) is 5.78 Å². The van der Waals surface area contributed by atoms with Crippen molar-refractivity contribution in [2.24, 2.45) is 5.41 Å². The van der Waals surface area contributed by atoms with Gasteiger partial charge in [-0.25, -0.2) is 0 Å². The monoisotopic (exact) mass is 171 g/mol. The van der Waals surface area contributed by atoms with Crippen molar-refractivity contribution in [2.75, 3.05) is 6.54 Å². The van der Waals surface area contributed by atoms with Crippen LogP contribution < -0.4 is 5.32 Å². The maximum atomic E-state index is 11.6. The molecule has 1 heterocycles. The average Bonchev–Trinajstić information content (AvgIpc) is 2.34. The van der Waals surface area contributed by atoms with Gasteiger partial charge in [0, 0.05) is 5.41 Å². The van der Waals surface area contributed by atoms with Crippen molar-refractivity contribution in [3.8, 4) is 0 Å². The van der Waals surface area contributed by atoms with Gasteiger partial charge in [-0.15, -0.1) is 0 Å². The third kappa shape index (κ3) is 2.59. The molecule has 1 aliphatic heterocycles. The second kappa shape index (κ2) is 4.04. The van der Waals surface area contributed by atoms with Gasteiger partial charge in [0.25, 0.3) is 0 Å². The van der Waals surface area contributed by atoms with Crippen molar-refractivity contribution >= 4 is 5.78 Å². The van der Waals surface area contributed by atoms with Crippen LogP contribution >= 0.6 is 0 Å². The number of ketones is 1. The van der Waals surface area contributed by atoms with Gasteiger partial charge in [-0.2, -0.15) is 0 Å². The van der Waals surface area contributed by atoms with E-state index in [1.807, 2.05) is 20.8 Å². The number of Topliss-reactive ketones (excluding diaryl/α,β-unsaturated/α-hetero) is 1. The third-order valence-electron chi connectivity index (χ3n) is 2.12. The van der Waals surface area contributed by atoms with Gasteiger partial charge < -0.3 is 5.32 Å². The molecular weight excluding hydrogens is 150 g/mol. The number of nitrogens with one attached hydrogen (secondary N) is 1. The molecule has 1 aliphatic rings. The quantitative estimate of drug-likeness (QED) is 0.653. The van der Waals surface area contributed by atoms with Crippen LogP contribution in [0.15, 0.2) is 0 Å². The van der Waals surface area contributed by atoms with E-state index in [0.717, 1.165) is 19.4 Å². The van der Waals surface area contributed by atoms with Crippen molar-refractivity contribution < 1.29 is 4.79 Å². The van der Waals surface area contributed by atoms with E-state index in [4.69, 9.17) is 0 Å². The lowest BCUT2D eigenvalue weighted by Gasteiger charge is -2.21. The van der Waals surface area contributed by atoms with Crippen LogP contribution in [0.2, 0.25) is 0 Å². The lowest BCUT2D eigenvalue weighted by atomic mass is 9.86. The average molecular weight is 171 g/mol. The first-order chi connectivity index (χ1) is 5.02. The molecule has 0 aliphatic carbocycles. The van der Waals surface area contributed by atoms with E-state index in [1.165, 1.54) is 0 Å². The zero-order valence-corrected chi connectivity index (χ0v) is 7.61. The minimum Gasteiger partial charge on any atom is -0.307 e. The van der Waals surface area contributed by atoms with Crippen LogP contribution in [0.4, 0.5) is 0 Å². The summed E-state index contributed by atoms with van der Waals surface area (Å²) in [6, 6.07) is 0.134. The van der Waals surface area contributed by atoms with Crippen LogP contribution in [-0.4, -0.2) is 18.4 Å². The highest BCUT2D eigenvalue weighted by Gasteiger charge is 2.30. The Labute approximate surface area is 75.7 Å². The third-order valence-corrected chi connectivity index (χ3v) is 2.12. The van der Waals surface area contributed by atoms with Crippen molar-refractivity contribution in [3.63, 3.8) is 0 Å². The highest BCUT2D eigenvalue weighted by atomic mass is 16.1. The Morgan fingerprint density at radius 1 is 1.42 bits per heavy atom. The maximum Gasteiger partial charge on any atom is 0.155 e. The van der Waals surface area contributed by atoms with Crippen LogP contribution in [0.1, 0.15) is 41.0 Å². The van der Waals surface area contributed by atoms with E-state index < -0.39 is 0 Å². The molecule has 0 aromatic rings. The second-order valence-electron chi connectivity index (χ2n) is 4.26. The zero-order valence-electron chi connectivity index (χ0n) is 7.61. The molecule has 2 nitrogen and oxygen atoms in total. The van der Waals surface area contributed by atoms with Gasteiger partial charge in [-0.1, -0.05) is 28.2 Å². The van der Waals surface area contributed by atoms with Crippen LogP contribution in [0, 0.1) is 5.41 Å². The van der Waals surface area contributed by atoms with Crippen molar-refractivity contribution in [3.05, 3.63) is 0 Å². The van der Waals surface area contributed by atoms with Crippen LogP contribution in [0.3, 0.4) is 0 Å². The fourth-order valence-corrected chi connectivity index (χ4v) is 1.43. The fourth-order valence-electron chi connectivity index (χ4n) is 1.43. The summed E-state index contributed by atoms with van der Waals surface area (Å²) < 4.78 is 0. The van der Waals surface area contributed by atoms with Gasteiger partial charge in [-0.05, 0) is 19.4 Å². The number of carbonyl (C=O) groups is 1. The fraction of sp³-hybridized carbons (Fsp3) is 0.900. The molecule has 2 heteroatoms. The minimum atomic E-state index is -0.179. The smallest absolute Gasteiger partial charge is 0.155 e. The molecular formula is C10H21NO. The number of hydrogen-bond donors (Lipinski definition) is 1. The molecule has 1 N–H and O–H groups in total. The van der Waals surface area contributed by atoms with Gasteiger partial charge in [0.2, 0.25) is 0 Å². The van der Waals surface area contributed by atoms with Crippen molar-refractivity contribution in [1.82, 2.24) is 5.32 Å². The summed E-state index contributed by atoms with van der Waals surface area (Å²) >= 11 is 0. The first-order valence-corrected chi connectivity index (χ1v) is 4.29. The van der Waals surface area contributed by atoms with Crippen LogP contribution in [0.25, 0.3) is 0 Å². The summed E-state index contributed by atoms with van der Waals surface area (Å²) in [5, 5.41) is 3.21. The Bertz CT molecular complexity index is 152. The Morgan fingerprint density at radius 2 is 2.00 bits per heavy atom. The molecule has 0 aromatic carbocycles. The molecule has 72 valence electrons. The summed E-state index contributed by atoms with van der Waals surface area (Å²) in [5.74, 6) is 0.356. The lowest BCUT2D eigenvalue weighted by Crippen LogP contribution is -2.38. The maximum absolute atomic E-state index is 11.6. The summed E-state index contributed by atoms with van der Waals surface area (Å²) in [4.78, 5) is 11.6. The Kier molecular flexibility index (Phi) is 3.91. The molecule has 0 saturated carbocycles. The SMILES string of the molecule is C.CC(C)(C)C(=O)C1CCCN1. The van der Waals surface area contributed by atoms with Crippen LogP contribution in [-0.2, 0) is 4.79 Å². The Hall–Kier alpha value is -0.370. The Morgan fingerprint density at radius 3 is 2.33 bits per heavy atom. The second-order valence-corrected chi connectivity index (χ2v) is 4.26. The van der Waals surface area contributed by atoms with Gasteiger partial charge in [0.05, 0.1) is 6.04 Å². The number of carbonyl (C=O) groups excluding carboxylic acids is 1. The van der Waals surface area contributed by atoms with Gasteiger partial charge >= 0.3 is 0 Å². The molecule has 0 aromatic heterocycles. The summed E-state index contributed by atoms with van der Waals surface area (Å²) in [6.45, 7) is 6.95. The van der Waals surface area contributed by atoms with Gasteiger partial charge in [0.15, 0.2) is 5.78 Å². The normalized spacial score (nSPS) is 23.4. The van der Waals surface area contributed by atoms with Crippen LogP contribution in [0.5, 0.6) is 0 Å². The summed E-state index contributed by atoms with van der Waals surface area (Å²) in [5.41, 5.74) is -0.179. The van der Waals surface area contributed by atoms with E-state index >= 15 is 0 Å². The highest BCUT2D eigenvalue weighted by molar-refractivity contribution is 5.88. The minimum absolute atomic E-state index is 0. The van der Waals surface area contributed by atoms with E-state index in [9.17, 15) is 4.79 Å².